The number of carbonyl (C=O) groups excluding carboxylic acids is 2. The second-order valence-corrected chi connectivity index (χ2v) is 9.76. The van der Waals surface area contributed by atoms with E-state index in [1.165, 1.54) is 11.1 Å². The van der Waals surface area contributed by atoms with Crippen molar-refractivity contribution in [3.63, 3.8) is 0 Å². The molecule has 2 aromatic carbocycles. The van der Waals surface area contributed by atoms with Crippen LogP contribution in [0.25, 0.3) is 11.1 Å². The number of carbonyl (C=O) groups is 3. The van der Waals surface area contributed by atoms with Gasteiger partial charge < -0.3 is 24.8 Å². The van der Waals surface area contributed by atoms with Crippen molar-refractivity contribution in [3.05, 3.63) is 59.7 Å². The summed E-state index contributed by atoms with van der Waals surface area (Å²) in [5, 5.41) is 11.8. The number of morpholine rings is 1. The van der Waals surface area contributed by atoms with Crippen LogP contribution >= 0.6 is 0 Å². The van der Waals surface area contributed by atoms with Gasteiger partial charge in [0.15, 0.2) is 0 Å². The first-order valence-corrected chi connectivity index (χ1v) is 12.0. The molecule has 4 rings (SSSR count). The van der Waals surface area contributed by atoms with Crippen molar-refractivity contribution in [3.8, 4) is 11.1 Å². The van der Waals surface area contributed by atoms with E-state index in [4.69, 9.17) is 14.6 Å². The van der Waals surface area contributed by atoms with Gasteiger partial charge in [0.2, 0.25) is 5.91 Å². The lowest BCUT2D eigenvalue weighted by Gasteiger charge is -2.33. The van der Waals surface area contributed by atoms with Gasteiger partial charge in [-0.2, -0.15) is 0 Å². The topological polar surface area (TPSA) is 105 Å². The zero-order chi connectivity index (χ0) is 25.0. The predicted octanol–water partition coefficient (Wildman–Crippen LogP) is 3.79. The molecule has 8 heteroatoms. The average molecular weight is 481 g/mol. The highest BCUT2D eigenvalue weighted by molar-refractivity contribution is 5.79. The molecule has 0 aromatic heterocycles. The molecular weight excluding hydrogens is 448 g/mol. The molecule has 0 bridgehead atoms. The van der Waals surface area contributed by atoms with Gasteiger partial charge in [-0.15, -0.1) is 0 Å². The van der Waals surface area contributed by atoms with E-state index in [9.17, 15) is 14.4 Å². The van der Waals surface area contributed by atoms with Gasteiger partial charge in [0.1, 0.15) is 6.61 Å². The van der Waals surface area contributed by atoms with Crippen LogP contribution in [0.2, 0.25) is 0 Å². The maximum Gasteiger partial charge on any atom is 0.407 e. The molecule has 1 heterocycles. The molecule has 1 aliphatic heterocycles. The van der Waals surface area contributed by atoms with E-state index in [0.29, 0.717) is 19.6 Å². The highest BCUT2D eigenvalue weighted by Crippen LogP contribution is 2.44. The fraction of sp³-hybridized carbons (Fsp3) is 0.444. The molecule has 0 spiro atoms. The molecule has 2 N–H and O–H groups in total. The first-order chi connectivity index (χ1) is 16.7. The van der Waals surface area contributed by atoms with Crippen molar-refractivity contribution in [1.29, 1.82) is 0 Å². The van der Waals surface area contributed by atoms with Crippen molar-refractivity contribution in [2.45, 2.75) is 50.7 Å². The molecule has 1 atom stereocenters. The Bertz CT molecular complexity index is 1050. The van der Waals surface area contributed by atoms with Crippen LogP contribution in [0.3, 0.4) is 0 Å². The number of carboxylic acids is 1. The van der Waals surface area contributed by atoms with Gasteiger partial charge in [-0.3, -0.25) is 9.59 Å². The maximum atomic E-state index is 12.7. The molecule has 8 nitrogen and oxygen atoms in total. The highest BCUT2D eigenvalue weighted by Gasteiger charge is 2.31. The van der Waals surface area contributed by atoms with E-state index < -0.39 is 23.7 Å². The summed E-state index contributed by atoms with van der Waals surface area (Å²) in [4.78, 5) is 37.9. The third-order valence-electron chi connectivity index (χ3n) is 6.64. The second kappa shape index (κ2) is 10.5. The van der Waals surface area contributed by atoms with Crippen molar-refractivity contribution in [2.24, 2.45) is 0 Å². The lowest BCUT2D eigenvalue weighted by molar-refractivity contribution is -0.147. The number of nitrogens with zero attached hydrogens (tertiary/aromatic N) is 1. The van der Waals surface area contributed by atoms with Crippen LogP contribution < -0.4 is 5.32 Å². The van der Waals surface area contributed by atoms with Gasteiger partial charge in [0, 0.05) is 31.0 Å². The maximum absolute atomic E-state index is 12.7. The fourth-order valence-electron chi connectivity index (χ4n) is 4.81. The lowest BCUT2D eigenvalue weighted by Crippen LogP contribution is -2.48. The monoisotopic (exact) mass is 480 g/mol. The number of carboxylic acid groups (broad SMARTS) is 1. The first-order valence-electron chi connectivity index (χ1n) is 12.0. The Morgan fingerprint density at radius 2 is 1.71 bits per heavy atom. The van der Waals surface area contributed by atoms with Gasteiger partial charge in [-0.25, -0.2) is 4.79 Å². The number of amides is 2. The Hall–Kier alpha value is -3.39. The second-order valence-electron chi connectivity index (χ2n) is 9.76. The van der Waals surface area contributed by atoms with E-state index in [1.54, 1.807) is 4.90 Å². The summed E-state index contributed by atoms with van der Waals surface area (Å²) in [6.07, 6.45) is -0.471. The summed E-state index contributed by atoms with van der Waals surface area (Å²) >= 11 is 0. The number of rotatable bonds is 8. The molecule has 2 aliphatic rings. The SMILES string of the molecule is CC(C)(CCC(=O)N1CCOC(CC(=O)O)C1)NC(=O)OCC1c2ccccc2-c2ccccc21. The molecule has 1 saturated heterocycles. The number of benzene rings is 2. The quantitative estimate of drug-likeness (QED) is 0.596. The number of fused-ring (bicyclic) bond motifs is 3. The minimum atomic E-state index is -0.947. The van der Waals surface area contributed by atoms with Crippen molar-refractivity contribution in [1.82, 2.24) is 10.2 Å². The van der Waals surface area contributed by atoms with Crippen molar-refractivity contribution >= 4 is 18.0 Å². The molecule has 186 valence electrons. The molecule has 2 aromatic rings. The van der Waals surface area contributed by atoms with Crippen molar-refractivity contribution < 1.29 is 29.0 Å². The minimum Gasteiger partial charge on any atom is -0.481 e. The molecule has 0 saturated carbocycles. The summed E-state index contributed by atoms with van der Waals surface area (Å²) in [5.74, 6) is -1.04. The zero-order valence-electron chi connectivity index (χ0n) is 20.2. The summed E-state index contributed by atoms with van der Waals surface area (Å²) < 4.78 is 11.1. The van der Waals surface area contributed by atoms with Crippen LogP contribution in [0.15, 0.2) is 48.5 Å². The smallest absolute Gasteiger partial charge is 0.407 e. The summed E-state index contributed by atoms with van der Waals surface area (Å²) in [6, 6.07) is 16.3. The standard InChI is InChI=1S/C27H32N2O6/c1-27(2,12-11-24(30)29-13-14-34-18(16-29)15-25(31)32)28-26(33)35-17-23-21-9-5-3-7-19(21)20-8-4-6-10-22(20)23/h3-10,18,23H,11-17H2,1-2H3,(H,28,33)(H,31,32). The number of hydrogen-bond acceptors (Lipinski definition) is 5. The predicted molar refractivity (Wildman–Crippen MR) is 130 cm³/mol. The molecule has 1 aliphatic carbocycles. The molecule has 0 radical (unpaired) electrons. The Balaban J connectivity index is 1.27. The van der Waals surface area contributed by atoms with Gasteiger partial charge in [0.05, 0.1) is 19.1 Å². The Morgan fingerprint density at radius 3 is 2.34 bits per heavy atom. The summed E-state index contributed by atoms with van der Waals surface area (Å²) in [5.41, 5.74) is 4.00. The van der Waals surface area contributed by atoms with E-state index in [-0.39, 0.29) is 37.8 Å². The first kappa shape index (κ1) is 24.7. The normalized spacial score (nSPS) is 17.4. The minimum absolute atomic E-state index is 0.0158. The lowest BCUT2D eigenvalue weighted by atomic mass is 9.97. The Labute approximate surface area is 205 Å². The number of alkyl carbamates (subject to hydrolysis) is 1. The molecule has 2 amide bonds. The number of ether oxygens (including phenoxy) is 2. The largest absolute Gasteiger partial charge is 0.481 e. The molecular formula is C27H32N2O6. The van der Waals surface area contributed by atoms with Gasteiger partial charge in [0.25, 0.3) is 0 Å². The Morgan fingerprint density at radius 1 is 1.09 bits per heavy atom. The number of aliphatic carboxylic acids is 1. The summed E-state index contributed by atoms with van der Waals surface area (Å²) in [7, 11) is 0. The molecule has 1 fully saturated rings. The van der Waals surface area contributed by atoms with Gasteiger partial charge in [-0.1, -0.05) is 48.5 Å². The number of hydrogen-bond donors (Lipinski definition) is 2. The molecule has 1 unspecified atom stereocenters. The van der Waals surface area contributed by atoms with E-state index in [2.05, 4.69) is 29.6 Å². The summed E-state index contributed by atoms with van der Waals surface area (Å²) in [6.45, 7) is 4.97. The van der Waals surface area contributed by atoms with E-state index >= 15 is 0 Å². The van der Waals surface area contributed by atoms with Gasteiger partial charge in [-0.05, 0) is 42.5 Å². The van der Waals surface area contributed by atoms with Crippen LogP contribution in [0.4, 0.5) is 4.79 Å². The van der Waals surface area contributed by atoms with E-state index in [1.807, 2.05) is 38.1 Å². The van der Waals surface area contributed by atoms with Crippen LogP contribution in [0, 0.1) is 0 Å². The van der Waals surface area contributed by atoms with Crippen LogP contribution in [-0.2, 0) is 19.1 Å². The number of nitrogens with one attached hydrogen (secondary N) is 1. The highest BCUT2D eigenvalue weighted by atomic mass is 16.5. The third kappa shape index (κ3) is 6.00. The third-order valence-corrected chi connectivity index (χ3v) is 6.64. The molecule has 35 heavy (non-hydrogen) atoms. The fourth-order valence-corrected chi connectivity index (χ4v) is 4.81. The average Bonchev–Trinajstić information content (AvgIpc) is 3.14. The van der Waals surface area contributed by atoms with E-state index in [0.717, 1.165) is 11.1 Å². The van der Waals surface area contributed by atoms with Crippen LogP contribution in [-0.4, -0.2) is 65.9 Å². The van der Waals surface area contributed by atoms with Crippen molar-refractivity contribution in [2.75, 3.05) is 26.3 Å². The Kier molecular flexibility index (Phi) is 7.40. The zero-order valence-corrected chi connectivity index (χ0v) is 20.2. The van der Waals surface area contributed by atoms with Crippen LogP contribution in [0.5, 0.6) is 0 Å². The van der Waals surface area contributed by atoms with Crippen LogP contribution in [0.1, 0.15) is 50.2 Å². The van der Waals surface area contributed by atoms with Gasteiger partial charge >= 0.3 is 12.1 Å².